The molecule has 0 saturated carbocycles. The average molecular weight is 573 g/mol. The molecule has 3 aromatic rings. The summed E-state index contributed by atoms with van der Waals surface area (Å²) >= 11 is 0. The zero-order valence-corrected chi connectivity index (χ0v) is 22.9. The number of carbonyl (C=O) groups is 1. The van der Waals surface area contributed by atoms with Crippen LogP contribution in [-0.4, -0.2) is 53.3 Å². The number of benzene rings is 2. The number of hydrogen-bond donors (Lipinski definition) is 4. The number of rotatable bonds is 14. The minimum atomic E-state index is -4.17. The Morgan fingerprint density at radius 3 is 2.42 bits per heavy atom. The van der Waals surface area contributed by atoms with E-state index in [4.69, 9.17) is 4.74 Å². The molecular weight excluding hydrogens is 540 g/mol. The van der Waals surface area contributed by atoms with Gasteiger partial charge in [-0.2, -0.15) is 0 Å². The van der Waals surface area contributed by atoms with Gasteiger partial charge in [-0.15, -0.1) is 0 Å². The highest BCUT2D eigenvalue weighted by atomic mass is 32.2. The van der Waals surface area contributed by atoms with E-state index in [1.165, 1.54) is 6.07 Å². The minimum Gasteiger partial charge on any atom is -0.487 e. The number of amides is 1. The second-order valence-electron chi connectivity index (χ2n) is 9.58. The lowest BCUT2D eigenvalue weighted by Gasteiger charge is -2.24. The molecule has 0 aliphatic heterocycles. The predicted octanol–water partition coefficient (Wildman–Crippen LogP) is 3.29. The maximum atomic E-state index is 13.1. The molecule has 3 rings (SSSR count). The fourth-order valence-electron chi connectivity index (χ4n) is 4.01. The average Bonchev–Trinajstić information content (AvgIpc) is 2.91. The fraction of sp³-hybridized carbons (Fsp3) is 0.333. The maximum Gasteiger partial charge on any atom is 0.404 e. The lowest BCUT2D eigenvalue weighted by Crippen LogP contribution is -2.49. The van der Waals surface area contributed by atoms with Gasteiger partial charge in [0.15, 0.2) is 0 Å². The largest absolute Gasteiger partial charge is 0.487 e. The summed E-state index contributed by atoms with van der Waals surface area (Å²) in [6.45, 7) is 3.49. The third-order valence-corrected chi connectivity index (χ3v) is 7.44. The first-order chi connectivity index (χ1) is 18.9. The van der Waals surface area contributed by atoms with E-state index in [0.29, 0.717) is 11.3 Å². The summed E-state index contributed by atoms with van der Waals surface area (Å²) in [5, 5.41) is 33.5. The van der Waals surface area contributed by atoms with Crippen LogP contribution in [0.15, 0.2) is 71.8 Å². The van der Waals surface area contributed by atoms with Crippen molar-refractivity contribution < 1.29 is 33.1 Å². The maximum absolute atomic E-state index is 13.1. The van der Waals surface area contributed by atoms with Gasteiger partial charge < -0.3 is 20.3 Å². The molecule has 0 fully saturated rings. The Morgan fingerprint density at radius 1 is 1.10 bits per heavy atom. The van der Waals surface area contributed by atoms with Crippen LogP contribution >= 0.6 is 0 Å². The summed E-state index contributed by atoms with van der Waals surface area (Å²) in [4.78, 5) is 26.0. The fourth-order valence-corrected chi connectivity index (χ4v) is 5.29. The molecule has 0 bridgehead atoms. The Kier molecular flexibility index (Phi) is 10.5. The van der Waals surface area contributed by atoms with Gasteiger partial charge in [-0.3, -0.25) is 15.1 Å². The Hall–Kier alpha value is -4.07. The Labute approximate surface area is 232 Å². The molecule has 40 heavy (non-hydrogen) atoms. The van der Waals surface area contributed by atoms with Gasteiger partial charge in [0.05, 0.1) is 27.7 Å². The number of hydrogen-bond acceptors (Lipinski definition) is 8. The number of nitro groups is 1. The molecule has 0 aliphatic rings. The SMILES string of the molecule is CC(C)Cc1cc([N+](=O)[O-])ccc1S(=O)(=O)NCC(O)C(Cc1ccc(OCc2ccccn2)cc1)NC(=O)O. The van der Waals surface area contributed by atoms with Crippen molar-refractivity contribution >= 4 is 21.8 Å². The molecule has 13 heteroatoms. The van der Waals surface area contributed by atoms with Crippen LogP contribution in [0, 0.1) is 16.0 Å². The van der Waals surface area contributed by atoms with E-state index in [0.717, 1.165) is 17.8 Å². The van der Waals surface area contributed by atoms with Crippen molar-refractivity contribution in [1.82, 2.24) is 15.0 Å². The van der Waals surface area contributed by atoms with Crippen LogP contribution in [0.3, 0.4) is 0 Å². The zero-order chi connectivity index (χ0) is 29.3. The molecule has 0 saturated heterocycles. The van der Waals surface area contributed by atoms with Gasteiger partial charge in [0, 0.05) is 24.9 Å². The number of sulfonamides is 1. The highest BCUT2D eigenvalue weighted by Gasteiger charge is 2.26. The number of aliphatic hydroxyl groups is 1. The number of carboxylic acid groups (broad SMARTS) is 1. The molecule has 214 valence electrons. The van der Waals surface area contributed by atoms with Crippen LogP contribution < -0.4 is 14.8 Å². The lowest BCUT2D eigenvalue weighted by molar-refractivity contribution is -0.385. The van der Waals surface area contributed by atoms with E-state index in [2.05, 4.69) is 15.0 Å². The molecule has 1 heterocycles. The van der Waals surface area contributed by atoms with Crippen LogP contribution in [-0.2, 0) is 29.5 Å². The molecule has 1 amide bonds. The molecule has 2 unspecified atom stereocenters. The van der Waals surface area contributed by atoms with Crippen molar-refractivity contribution in [3.63, 3.8) is 0 Å². The van der Waals surface area contributed by atoms with Crippen molar-refractivity contribution in [3.8, 4) is 5.75 Å². The number of aromatic nitrogens is 1. The Morgan fingerprint density at radius 2 is 1.82 bits per heavy atom. The second kappa shape index (κ2) is 13.8. The first-order valence-corrected chi connectivity index (χ1v) is 14.0. The van der Waals surface area contributed by atoms with E-state index in [1.54, 1.807) is 36.5 Å². The van der Waals surface area contributed by atoms with Gasteiger partial charge in [-0.05, 0) is 60.2 Å². The highest BCUT2D eigenvalue weighted by molar-refractivity contribution is 7.89. The first-order valence-electron chi connectivity index (χ1n) is 12.5. The number of pyridine rings is 1. The Balaban J connectivity index is 1.68. The first kappa shape index (κ1) is 30.5. The van der Waals surface area contributed by atoms with E-state index in [-0.39, 0.29) is 41.5 Å². The molecule has 12 nitrogen and oxygen atoms in total. The molecule has 4 N–H and O–H groups in total. The van der Waals surface area contributed by atoms with Crippen LogP contribution in [0.25, 0.3) is 0 Å². The second-order valence-corrected chi connectivity index (χ2v) is 11.3. The smallest absolute Gasteiger partial charge is 0.404 e. The third kappa shape index (κ3) is 9.00. The van der Waals surface area contributed by atoms with Crippen molar-refractivity contribution in [2.24, 2.45) is 5.92 Å². The van der Waals surface area contributed by atoms with Crippen molar-refractivity contribution in [2.75, 3.05) is 6.54 Å². The Bertz CT molecular complexity index is 1400. The normalized spacial score (nSPS) is 13.0. The van der Waals surface area contributed by atoms with E-state index in [1.807, 2.05) is 26.0 Å². The summed E-state index contributed by atoms with van der Waals surface area (Å²) in [6.07, 6.45) is -0.773. The monoisotopic (exact) mass is 572 g/mol. The van der Waals surface area contributed by atoms with E-state index in [9.17, 15) is 33.5 Å². The van der Waals surface area contributed by atoms with Crippen molar-refractivity contribution in [3.05, 3.63) is 93.8 Å². The number of nitrogens with one attached hydrogen (secondary N) is 2. The molecule has 2 aromatic carbocycles. The summed E-state index contributed by atoms with van der Waals surface area (Å²) in [7, 11) is -4.17. The molecule has 0 aliphatic carbocycles. The van der Waals surface area contributed by atoms with Crippen LogP contribution in [0.5, 0.6) is 5.75 Å². The molecule has 2 atom stereocenters. The predicted molar refractivity (Wildman–Crippen MR) is 146 cm³/mol. The molecule has 0 radical (unpaired) electrons. The number of non-ortho nitro benzene ring substituents is 1. The number of aliphatic hydroxyl groups excluding tert-OH is 1. The van der Waals surface area contributed by atoms with Crippen LogP contribution in [0.4, 0.5) is 10.5 Å². The number of nitro benzene ring substituents is 1. The summed E-state index contributed by atoms with van der Waals surface area (Å²) in [6, 6.07) is 14.8. The van der Waals surface area contributed by atoms with Crippen LogP contribution in [0.2, 0.25) is 0 Å². The summed E-state index contributed by atoms with van der Waals surface area (Å²) < 4.78 is 34.2. The van der Waals surface area contributed by atoms with Crippen molar-refractivity contribution in [1.29, 1.82) is 0 Å². The molecule has 1 aromatic heterocycles. The minimum absolute atomic E-state index is 0.0254. The van der Waals surface area contributed by atoms with E-state index >= 15 is 0 Å². The third-order valence-electron chi connectivity index (χ3n) is 5.92. The van der Waals surface area contributed by atoms with Crippen molar-refractivity contribution in [2.45, 2.75) is 50.3 Å². The van der Waals surface area contributed by atoms with Gasteiger partial charge in [0.1, 0.15) is 12.4 Å². The quantitative estimate of drug-likeness (QED) is 0.166. The highest BCUT2D eigenvalue weighted by Crippen LogP contribution is 2.24. The lowest BCUT2D eigenvalue weighted by atomic mass is 10.0. The zero-order valence-electron chi connectivity index (χ0n) is 22.1. The topological polar surface area (TPSA) is 181 Å². The number of ether oxygens (including phenoxy) is 1. The van der Waals surface area contributed by atoms with Crippen LogP contribution in [0.1, 0.15) is 30.7 Å². The van der Waals surface area contributed by atoms with Gasteiger partial charge in [0.2, 0.25) is 10.0 Å². The van der Waals surface area contributed by atoms with Gasteiger partial charge in [-0.1, -0.05) is 32.0 Å². The number of nitrogens with zero attached hydrogens (tertiary/aromatic N) is 2. The van der Waals surface area contributed by atoms with Gasteiger partial charge in [0.25, 0.3) is 5.69 Å². The standard InChI is InChI=1S/C27H32N4O8S/c1-18(2)13-20-15-22(31(35)36)8-11-26(20)40(37,38)29-16-25(32)24(30-27(33)34)14-19-6-9-23(10-7-19)39-17-21-5-3-4-12-28-21/h3-12,15,18,24-25,29-30,32H,13-14,16-17H2,1-2H3,(H,33,34). The molecular formula is C27H32N4O8S. The van der Waals surface area contributed by atoms with E-state index < -0.39 is 39.7 Å². The van der Waals surface area contributed by atoms with Gasteiger partial charge in [-0.25, -0.2) is 17.9 Å². The summed E-state index contributed by atoms with van der Waals surface area (Å²) in [5.74, 6) is 0.600. The van der Waals surface area contributed by atoms with Gasteiger partial charge >= 0.3 is 6.09 Å². The summed E-state index contributed by atoms with van der Waals surface area (Å²) in [5.41, 5.74) is 1.48. The molecule has 0 spiro atoms.